The largest absolute Gasteiger partial charge is 0.495 e. The predicted molar refractivity (Wildman–Crippen MR) is 87.3 cm³/mol. The van der Waals surface area contributed by atoms with Crippen LogP contribution in [0.2, 0.25) is 0 Å². The Hall–Kier alpha value is -2.34. The van der Waals surface area contributed by atoms with Gasteiger partial charge in [-0.15, -0.1) is 11.3 Å². The number of aromatic nitrogens is 2. The summed E-state index contributed by atoms with van der Waals surface area (Å²) in [6, 6.07) is 5.70. The summed E-state index contributed by atoms with van der Waals surface area (Å²) in [5.74, 6) is 1.53. The fourth-order valence-corrected chi connectivity index (χ4v) is 3.14. The van der Waals surface area contributed by atoms with E-state index in [1.54, 1.807) is 18.4 Å². The zero-order valence-electron chi connectivity index (χ0n) is 12.7. The maximum atomic E-state index is 5.96. The van der Waals surface area contributed by atoms with Crippen molar-refractivity contribution in [3.05, 3.63) is 45.6 Å². The van der Waals surface area contributed by atoms with Crippen LogP contribution in [0.3, 0.4) is 0 Å². The first-order valence-corrected chi connectivity index (χ1v) is 7.76. The third-order valence-corrected chi connectivity index (χ3v) is 4.44. The Balaban J connectivity index is 1.86. The third kappa shape index (κ3) is 2.69. The molecule has 0 amide bonds. The van der Waals surface area contributed by atoms with E-state index in [-0.39, 0.29) is 0 Å². The molecule has 1 aromatic carbocycles. The summed E-state index contributed by atoms with van der Waals surface area (Å²) in [7, 11) is 1.61. The highest BCUT2D eigenvalue weighted by molar-refractivity contribution is 7.10. The summed E-state index contributed by atoms with van der Waals surface area (Å²) >= 11 is 1.62. The molecule has 0 spiro atoms. The van der Waals surface area contributed by atoms with E-state index in [0.29, 0.717) is 11.4 Å². The first-order chi connectivity index (χ1) is 10.6. The molecule has 0 fully saturated rings. The molecule has 0 atom stereocenters. The topological polar surface area (TPSA) is 74.2 Å². The minimum Gasteiger partial charge on any atom is -0.495 e. The fourth-order valence-electron chi connectivity index (χ4n) is 2.32. The summed E-state index contributed by atoms with van der Waals surface area (Å²) in [4.78, 5) is 4.69. The molecule has 3 rings (SSSR count). The van der Waals surface area contributed by atoms with Crippen LogP contribution < -0.4 is 10.5 Å². The summed E-state index contributed by atoms with van der Waals surface area (Å²) in [5.41, 5.74) is 10.5. The lowest BCUT2D eigenvalue weighted by molar-refractivity contribution is 0.392. The van der Waals surface area contributed by atoms with Crippen LogP contribution in [0.15, 0.2) is 28.1 Å². The van der Waals surface area contributed by atoms with E-state index in [9.17, 15) is 0 Å². The molecule has 0 aliphatic carbocycles. The van der Waals surface area contributed by atoms with Gasteiger partial charge < -0.3 is 15.0 Å². The number of benzene rings is 1. The molecular formula is C16H17N3O2S. The van der Waals surface area contributed by atoms with Crippen LogP contribution in [0.25, 0.3) is 11.3 Å². The lowest BCUT2D eigenvalue weighted by Crippen LogP contribution is -1.93. The average molecular weight is 315 g/mol. The van der Waals surface area contributed by atoms with E-state index in [4.69, 9.17) is 15.0 Å². The molecule has 0 aliphatic heterocycles. The van der Waals surface area contributed by atoms with Crippen LogP contribution in [-0.4, -0.2) is 17.3 Å². The van der Waals surface area contributed by atoms with Gasteiger partial charge in [-0.05, 0) is 32.0 Å². The van der Waals surface area contributed by atoms with E-state index in [0.717, 1.165) is 39.7 Å². The number of nitrogens with zero attached hydrogens (tertiary/aromatic N) is 2. The maximum Gasteiger partial charge on any atom is 0.141 e. The van der Waals surface area contributed by atoms with Gasteiger partial charge in [0.05, 0.1) is 29.2 Å². The van der Waals surface area contributed by atoms with E-state index in [1.165, 1.54) is 0 Å². The van der Waals surface area contributed by atoms with Gasteiger partial charge in [0.25, 0.3) is 0 Å². The van der Waals surface area contributed by atoms with Gasteiger partial charge in [0.1, 0.15) is 11.5 Å². The second kappa shape index (κ2) is 5.81. The number of hydrogen-bond donors (Lipinski definition) is 1. The quantitative estimate of drug-likeness (QED) is 0.745. The first-order valence-electron chi connectivity index (χ1n) is 6.88. The SMILES string of the molecule is COc1ccc(-c2csc(Cc3c(C)noc3C)n2)cc1N. The molecule has 3 aromatic rings. The zero-order chi connectivity index (χ0) is 15.7. The molecule has 22 heavy (non-hydrogen) atoms. The highest BCUT2D eigenvalue weighted by atomic mass is 32.1. The molecule has 0 saturated carbocycles. The van der Waals surface area contributed by atoms with E-state index < -0.39 is 0 Å². The summed E-state index contributed by atoms with van der Waals surface area (Å²) in [5, 5.41) is 7.04. The van der Waals surface area contributed by atoms with Gasteiger partial charge >= 0.3 is 0 Å². The molecule has 2 heterocycles. The number of anilines is 1. The Morgan fingerprint density at radius 1 is 1.32 bits per heavy atom. The minimum atomic E-state index is 0.611. The third-order valence-electron chi connectivity index (χ3n) is 3.59. The van der Waals surface area contributed by atoms with Crippen molar-refractivity contribution in [2.75, 3.05) is 12.8 Å². The number of nitrogens with two attached hydrogens (primary N) is 1. The smallest absolute Gasteiger partial charge is 0.141 e. The van der Waals surface area contributed by atoms with Crippen molar-refractivity contribution in [3.8, 4) is 17.0 Å². The number of aryl methyl sites for hydroxylation is 2. The van der Waals surface area contributed by atoms with Crippen molar-refractivity contribution in [2.45, 2.75) is 20.3 Å². The zero-order valence-corrected chi connectivity index (χ0v) is 13.5. The second-order valence-corrected chi connectivity index (χ2v) is 6.01. The van der Waals surface area contributed by atoms with Crippen LogP contribution >= 0.6 is 11.3 Å². The van der Waals surface area contributed by atoms with Crippen molar-refractivity contribution in [1.82, 2.24) is 10.1 Å². The number of rotatable bonds is 4. The second-order valence-electron chi connectivity index (χ2n) is 5.06. The highest BCUT2D eigenvalue weighted by Gasteiger charge is 2.13. The van der Waals surface area contributed by atoms with Crippen LogP contribution in [0.1, 0.15) is 22.0 Å². The molecule has 6 heteroatoms. The Bertz CT molecular complexity index is 788. The Labute approximate surface area is 132 Å². The van der Waals surface area contributed by atoms with Crippen LogP contribution in [0.4, 0.5) is 5.69 Å². The summed E-state index contributed by atoms with van der Waals surface area (Å²) in [6.07, 6.45) is 0.734. The van der Waals surface area contributed by atoms with Gasteiger partial charge in [-0.1, -0.05) is 5.16 Å². The van der Waals surface area contributed by atoms with Crippen molar-refractivity contribution in [2.24, 2.45) is 0 Å². The van der Waals surface area contributed by atoms with Crippen LogP contribution in [0, 0.1) is 13.8 Å². The van der Waals surface area contributed by atoms with Crippen molar-refractivity contribution < 1.29 is 9.26 Å². The predicted octanol–water partition coefficient (Wildman–Crippen LogP) is 3.60. The lowest BCUT2D eigenvalue weighted by atomic mass is 10.1. The number of thiazole rings is 1. The first kappa shape index (κ1) is 14.6. The molecule has 2 N–H and O–H groups in total. The van der Waals surface area contributed by atoms with Crippen molar-refractivity contribution in [3.63, 3.8) is 0 Å². The van der Waals surface area contributed by atoms with Gasteiger partial charge in [-0.3, -0.25) is 0 Å². The Morgan fingerprint density at radius 2 is 2.14 bits per heavy atom. The molecule has 0 unspecified atom stereocenters. The van der Waals surface area contributed by atoms with Gasteiger partial charge in [0.2, 0.25) is 0 Å². The van der Waals surface area contributed by atoms with Gasteiger partial charge in [0, 0.05) is 22.9 Å². The number of hydrogen-bond acceptors (Lipinski definition) is 6. The van der Waals surface area contributed by atoms with Gasteiger partial charge in [-0.2, -0.15) is 0 Å². The Morgan fingerprint density at radius 3 is 2.77 bits per heavy atom. The molecule has 0 bridgehead atoms. The Kier molecular flexibility index (Phi) is 3.85. The molecule has 2 aromatic heterocycles. The van der Waals surface area contributed by atoms with E-state index in [1.807, 2.05) is 37.4 Å². The standard InChI is InChI=1S/C16H17N3O2S/c1-9-12(10(2)21-19-9)7-16-18-14(8-22-16)11-4-5-15(20-3)13(17)6-11/h4-6,8H,7,17H2,1-3H3. The lowest BCUT2D eigenvalue weighted by Gasteiger charge is -2.05. The van der Waals surface area contributed by atoms with Gasteiger partial charge in [0.15, 0.2) is 0 Å². The van der Waals surface area contributed by atoms with E-state index in [2.05, 4.69) is 10.1 Å². The molecule has 0 saturated heterocycles. The summed E-state index contributed by atoms with van der Waals surface area (Å²) in [6.45, 7) is 3.87. The molecule has 114 valence electrons. The van der Waals surface area contributed by atoms with Gasteiger partial charge in [-0.25, -0.2) is 4.98 Å². The maximum absolute atomic E-state index is 5.96. The number of methoxy groups -OCH3 is 1. The fraction of sp³-hybridized carbons (Fsp3) is 0.250. The average Bonchev–Trinajstić information content (AvgIpc) is 3.09. The normalized spacial score (nSPS) is 10.9. The minimum absolute atomic E-state index is 0.611. The molecule has 5 nitrogen and oxygen atoms in total. The number of nitrogen functional groups attached to an aromatic ring is 1. The summed E-state index contributed by atoms with van der Waals surface area (Å²) < 4.78 is 10.4. The monoisotopic (exact) mass is 315 g/mol. The molecule has 0 aliphatic rings. The highest BCUT2D eigenvalue weighted by Crippen LogP contribution is 2.30. The van der Waals surface area contributed by atoms with Crippen LogP contribution in [-0.2, 0) is 6.42 Å². The number of ether oxygens (including phenoxy) is 1. The molecule has 0 radical (unpaired) electrons. The van der Waals surface area contributed by atoms with Crippen molar-refractivity contribution >= 4 is 17.0 Å². The van der Waals surface area contributed by atoms with E-state index >= 15 is 0 Å². The van der Waals surface area contributed by atoms with Crippen molar-refractivity contribution in [1.29, 1.82) is 0 Å². The van der Waals surface area contributed by atoms with Crippen LogP contribution in [0.5, 0.6) is 5.75 Å². The molecular weight excluding hydrogens is 298 g/mol.